The molecule has 0 aliphatic heterocycles. The van der Waals surface area contributed by atoms with Crippen LogP contribution in [0.4, 0.5) is 0 Å². The Hall–Kier alpha value is 0.458. The molecule has 0 saturated heterocycles. The van der Waals surface area contributed by atoms with E-state index in [0.717, 1.165) is 12.8 Å². The monoisotopic (exact) mass is 505 g/mol. The second kappa shape index (κ2) is 11.5. The summed E-state index contributed by atoms with van der Waals surface area (Å²) in [5, 5.41) is 0. The molecule has 0 atom stereocenters. The summed E-state index contributed by atoms with van der Waals surface area (Å²) in [6, 6.07) is 0. The summed E-state index contributed by atoms with van der Waals surface area (Å²) >= 11 is 0. The molecular weight excluding hydrogens is 471 g/mol. The topological polar surface area (TPSA) is 14.1 Å². The normalized spacial score (nSPS) is 23.3. The van der Waals surface area contributed by atoms with Crippen molar-refractivity contribution in [2.24, 2.45) is 0 Å². The maximum atomic E-state index is 4.82. The van der Waals surface area contributed by atoms with Crippen LogP contribution < -0.4 is 0 Å². The van der Waals surface area contributed by atoms with Crippen molar-refractivity contribution in [1.29, 1.82) is 0 Å². The molecule has 0 aromatic carbocycles. The number of fused-ring (bicyclic) bond motifs is 2. The van der Waals surface area contributed by atoms with Crippen molar-refractivity contribution >= 4 is 16.5 Å². The van der Waals surface area contributed by atoms with E-state index in [0.29, 0.717) is 0 Å². The smallest absolute Gasteiger partial charge is 0.668 e. The molecule has 0 bridgehead atoms. The maximum Gasteiger partial charge on any atom is 3.00 e. The molecule has 30 heavy (non-hydrogen) atoms. The fourth-order valence-corrected chi connectivity index (χ4v) is 12.2. The van der Waals surface area contributed by atoms with E-state index >= 15 is 0 Å². The Labute approximate surface area is 214 Å². The van der Waals surface area contributed by atoms with Gasteiger partial charge in [0.1, 0.15) is 0 Å². The first-order valence-electron chi connectivity index (χ1n) is 10.6. The van der Waals surface area contributed by atoms with Gasteiger partial charge in [-0.15, -0.1) is 0 Å². The molecule has 0 N–H and O–H groups in total. The first kappa shape index (κ1) is 26.7. The van der Waals surface area contributed by atoms with Crippen molar-refractivity contribution < 1.29 is 32.7 Å². The minimum atomic E-state index is -1.11. The number of hydrogen-bond acceptors (Lipinski definition) is 0. The summed E-state index contributed by atoms with van der Waals surface area (Å²) < 4.78 is 4.82. The predicted molar refractivity (Wildman–Crippen MR) is 133 cm³/mol. The third-order valence-electron chi connectivity index (χ3n) is 4.88. The van der Waals surface area contributed by atoms with E-state index in [1.807, 2.05) is 0 Å². The van der Waals surface area contributed by atoms with Crippen LogP contribution >= 0.6 is 0 Å². The molecule has 0 spiro atoms. The zero-order valence-corrected chi connectivity index (χ0v) is 24.2. The fourth-order valence-electron chi connectivity index (χ4n) is 4.14. The molecule has 2 saturated carbocycles. The fraction of sp³-hybridized carbons (Fsp3) is 0.308. The van der Waals surface area contributed by atoms with Gasteiger partial charge in [-0.05, 0) is 50.4 Å². The van der Waals surface area contributed by atoms with Crippen LogP contribution in [0, 0.1) is 61.2 Å². The van der Waals surface area contributed by atoms with Crippen LogP contribution in [0.5, 0.6) is 0 Å². The summed E-state index contributed by atoms with van der Waals surface area (Å²) in [5.41, 5.74) is 0. The molecule has 0 heterocycles. The second-order valence-electron chi connectivity index (χ2n) is 9.85. The van der Waals surface area contributed by atoms with E-state index in [1.54, 1.807) is 0 Å². The standard InChI is InChI=1S/C20H16.C6H18NSi2.Y/c1-3-7-19-15(5-1)9-11-17(19)13-14-18-12-10-16-6-2-4-8-20(16)18;1-8(2,3)7-9(4,5)6;/h1-12H,13-14H2;1-6H3;/q;-1;+3. The van der Waals surface area contributed by atoms with E-state index < -0.39 is 16.5 Å². The molecule has 4 heteroatoms. The Morgan fingerprint density at radius 3 is 1.27 bits per heavy atom. The van der Waals surface area contributed by atoms with Gasteiger partial charge in [0, 0.05) is 23.7 Å². The van der Waals surface area contributed by atoms with E-state index in [9.17, 15) is 0 Å². The third kappa shape index (κ3) is 8.10. The van der Waals surface area contributed by atoms with Gasteiger partial charge in [0.15, 0.2) is 0 Å². The van der Waals surface area contributed by atoms with Crippen molar-refractivity contribution in [3.63, 3.8) is 0 Å². The quantitative estimate of drug-likeness (QED) is 0.347. The van der Waals surface area contributed by atoms with Crippen molar-refractivity contribution in [3.05, 3.63) is 114 Å². The molecular formula is C26H34NSi2Y+2. The summed E-state index contributed by atoms with van der Waals surface area (Å²) in [5.74, 6) is 8.45. The molecule has 152 valence electrons. The van der Waals surface area contributed by atoms with Crippen molar-refractivity contribution in [3.8, 4) is 0 Å². The summed E-state index contributed by atoms with van der Waals surface area (Å²) in [4.78, 5) is 0. The van der Waals surface area contributed by atoms with Crippen LogP contribution in [0.15, 0.2) is 48.6 Å². The summed E-state index contributed by atoms with van der Waals surface area (Å²) in [7, 11) is -2.21. The van der Waals surface area contributed by atoms with Crippen LogP contribution in [0.25, 0.3) is 4.65 Å². The van der Waals surface area contributed by atoms with Crippen LogP contribution in [-0.4, -0.2) is 16.5 Å². The minimum absolute atomic E-state index is 0. The zero-order valence-electron chi connectivity index (χ0n) is 19.4. The Morgan fingerprint density at radius 2 is 0.933 bits per heavy atom. The number of nitrogens with zero attached hydrogens (tertiary/aromatic N) is 1. The Balaban J connectivity index is 0.000000277. The van der Waals surface area contributed by atoms with E-state index in [4.69, 9.17) is 4.65 Å². The third-order valence-corrected chi connectivity index (χ3v) is 10.2. The molecule has 0 unspecified atom stereocenters. The maximum absolute atomic E-state index is 4.82. The van der Waals surface area contributed by atoms with Gasteiger partial charge in [0.25, 0.3) is 0 Å². The molecule has 0 aromatic heterocycles. The second-order valence-corrected chi connectivity index (χ2v) is 19.4. The van der Waals surface area contributed by atoms with E-state index in [-0.39, 0.29) is 32.7 Å². The van der Waals surface area contributed by atoms with Crippen molar-refractivity contribution in [2.45, 2.75) is 52.1 Å². The van der Waals surface area contributed by atoms with Crippen molar-refractivity contribution in [1.82, 2.24) is 0 Å². The Bertz CT molecular complexity index is 597. The van der Waals surface area contributed by atoms with Crippen LogP contribution in [0.1, 0.15) is 12.8 Å². The summed E-state index contributed by atoms with van der Waals surface area (Å²) in [6.45, 7) is 13.8. The van der Waals surface area contributed by atoms with Gasteiger partial charge in [-0.2, -0.15) is 0 Å². The van der Waals surface area contributed by atoms with Crippen LogP contribution in [0.2, 0.25) is 39.3 Å². The minimum Gasteiger partial charge on any atom is -0.668 e. The Kier molecular flexibility index (Phi) is 10.3. The summed E-state index contributed by atoms with van der Waals surface area (Å²) in [6.07, 6.45) is 28.5. The van der Waals surface area contributed by atoms with Crippen LogP contribution in [0.3, 0.4) is 0 Å². The average molecular weight is 506 g/mol. The molecule has 4 aliphatic carbocycles. The molecule has 0 aromatic rings. The van der Waals surface area contributed by atoms with Gasteiger partial charge in [0.2, 0.25) is 0 Å². The van der Waals surface area contributed by atoms with Gasteiger partial charge < -0.3 is 4.65 Å². The molecule has 4 aliphatic rings. The van der Waals surface area contributed by atoms with Crippen LogP contribution in [-0.2, 0) is 32.7 Å². The van der Waals surface area contributed by atoms with E-state index in [2.05, 4.69) is 114 Å². The van der Waals surface area contributed by atoms with Gasteiger partial charge in [0.05, 0.1) is 0 Å². The molecule has 0 amide bonds. The number of hydrogen-bond donors (Lipinski definition) is 0. The van der Waals surface area contributed by atoms with Gasteiger partial charge >= 0.3 is 32.7 Å². The first-order chi connectivity index (χ1) is 13.6. The SMILES string of the molecule is C[Si](C)(C)[N-][Si](C)(C)C.[CH]1[CH][C](CC[C]2[CH][CH][C]3C=CC=C[C]32)[C]2C=CC=C[C]12.[Y+3]. The van der Waals surface area contributed by atoms with E-state index in [1.165, 1.54) is 35.5 Å². The number of rotatable bonds is 5. The van der Waals surface area contributed by atoms with Gasteiger partial charge in [-0.25, -0.2) is 0 Å². The Morgan fingerprint density at radius 1 is 0.567 bits per heavy atom. The zero-order chi connectivity index (χ0) is 21.1. The predicted octanol–water partition coefficient (Wildman–Crippen LogP) is 7.34. The molecule has 10 radical (unpaired) electrons. The van der Waals surface area contributed by atoms with Gasteiger partial charge in [-0.1, -0.05) is 104 Å². The number of allylic oxidation sites excluding steroid dienone is 8. The molecule has 4 rings (SSSR count). The largest absolute Gasteiger partial charge is 3.00 e. The molecule has 1 nitrogen and oxygen atoms in total. The van der Waals surface area contributed by atoms with Crippen molar-refractivity contribution in [2.75, 3.05) is 0 Å². The first-order valence-corrected chi connectivity index (χ1v) is 17.5. The van der Waals surface area contributed by atoms with Gasteiger partial charge in [-0.3, -0.25) is 0 Å². The average Bonchev–Trinajstić information content (AvgIpc) is 3.21. The molecule has 2 fully saturated rings.